The number of benzene rings is 3. The Labute approximate surface area is 194 Å². The largest absolute Gasteiger partial charge is 0.497 e. The second-order valence-corrected chi connectivity index (χ2v) is 7.56. The molecule has 0 radical (unpaired) electrons. The normalized spacial score (nSPS) is 11.4. The highest BCUT2D eigenvalue weighted by molar-refractivity contribution is 5.94. The van der Waals surface area contributed by atoms with E-state index in [1.165, 1.54) is 14.2 Å². The van der Waals surface area contributed by atoms with Gasteiger partial charge in [-0.2, -0.15) is 0 Å². The quantitative estimate of drug-likeness (QED) is 0.298. The zero-order valence-electron chi connectivity index (χ0n) is 19.3. The van der Waals surface area contributed by atoms with Crippen LogP contribution in [0, 0.1) is 0 Å². The predicted octanol–water partition coefficient (Wildman–Crippen LogP) is 5.94. The van der Waals surface area contributed by atoms with E-state index in [1.54, 1.807) is 42.5 Å². The molecule has 0 aromatic heterocycles. The van der Waals surface area contributed by atoms with E-state index >= 15 is 0 Å². The molecule has 3 aromatic carbocycles. The number of methoxy groups -OCH3 is 2. The molecule has 0 aliphatic heterocycles. The number of carbonyl (C=O) groups is 2. The van der Waals surface area contributed by atoms with E-state index in [2.05, 4.69) is 6.92 Å². The molecule has 0 saturated heterocycles. The van der Waals surface area contributed by atoms with Crippen LogP contribution in [0.1, 0.15) is 47.4 Å². The Kier molecular flexibility index (Phi) is 8.08. The summed E-state index contributed by atoms with van der Waals surface area (Å²) < 4.78 is 21.4. The van der Waals surface area contributed by atoms with Crippen LogP contribution in [0.5, 0.6) is 17.2 Å². The summed E-state index contributed by atoms with van der Waals surface area (Å²) in [5.41, 5.74) is 2.64. The number of carbonyl (C=O) groups excluding carboxylic acids is 2. The number of hydrogen-bond donors (Lipinski definition) is 0. The van der Waals surface area contributed by atoms with Gasteiger partial charge >= 0.3 is 11.9 Å². The standard InChI is InChI=1S/C27H28O6/c1-5-6-18(2)32-26(28)21-9-7-19(8-10-21)20-11-13-22(14-12-20)33-27(29)24-17-23(30-3)15-16-25(24)31-4/h7-18H,5-6H2,1-4H3/t18-/m1/s1. The fourth-order valence-electron chi connectivity index (χ4n) is 3.37. The lowest BCUT2D eigenvalue weighted by Crippen LogP contribution is -2.14. The molecule has 172 valence electrons. The molecule has 3 aromatic rings. The maximum atomic E-state index is 12.6. The molecule has 0 aliphatic rings. The first-order valence-corrected chi connectivity index (χ1v) is 10.8. The monoisotopic (exact) mass is 448 g/mol. The van der Waals surface area contributed by atoms with Crippen LogP contribution in [-0.4, -0.2) is 32.3 Å². The van der Waals surface area contributed by atoms with Gasteiger partial charge in [0, 0.05) is 0 Å². The Balaban J connectivity index is 1.68. The van der Waals surface area contributed by atoms with Gasteiger partial charge in [-0.05, 0) is 66.9 Å². The van der Waals surface area contributed by atoms with E-state index in [-0.39, 0.29) is 17.6 Å². The van der Waals surface area contributed by atoms with Gasteiger partial charge < -0.3 is 18.9 Å². The molecule has 0 amide bonds. The summed E-state index contributed by atoms with van der Waals surface area (Å²) in [5.74, 6) is 0.473. The Morgan fingerprint density at radius 3 is 1.97 bits per heavy atom. The van der Waals surface area contributed by atoms with E-state index in [0.29, 0.717) is 22.8 Å². The smallest absolute Gasteiger partial charge is 0.347 e. The van der Waals surface area contributed by atoms with Crippen molar-refractivity contribution in [3.8, 4) is 28.4 Å². The van der Waals surface area contributed by atoms with E-state index in [1.807, 2.05) is 31.2 Å². The molecule has 6 heteroatoms. The fourth-order valence-corrected chi connectivity index (χ4v) is 3.37. The molecule has 0 fully saturated rings. The Morgan fingerprint density at radius 2 is 1.39 bits per heavy atom. The van der Waals surface area contributed by atoms with Crippen molar-refractivity contribution in [2.75, 3.05) is 14.2 Å². The third-order valence-electron chi connectivity index (χ3n) is 5.15. The van der Waals surface area contributed by atoms with Gasteiger partial charge in [0.2, 0.25) is 0 Å². The van der Waals surface area contributed by atoms with E-state index in [0.717, 1.165) is 24.0 Å². The lowest BCUT2D eigenvalue weighted by atomic mass is 10.0. The SMILES string of the molecule is CCC[C@@H](C)OC(=O)c1ccc(-c2ccc(OC(=O)c3cc(OC)ccc3OC)cc2)cc1. The van der Waals surface area contributed by atoms with Gasteiger partial charge in [0.1, 0.15) is 22.8 Å². The van der Waals surface area contributed by atoms with E-state index in [9.17, 15) is 9.59 Å². The van der Waals surface area contributed by atoms with Crippen LogP contribution in [0.25, 0.3) is 11.1 Å². The first kappa shape index (κ1) is 23.9. The van der Waals surface area contributed by atoms with E-state index in [4.69, 9.17) is 18.9 Å². The van der Waals surface area contributed by atoms with Crippen molar-refractivity contribution in [3.05, 3.63) is 77.9 Å². The van der Waals surface area contributed by atoms with Crippen LogP contribution in [0.3, 0.4) is 0 Å². The molecular weight excluding hydrogens is 420 g/mol. The molecule has 33 heavy (non-hydrogen) atoms. The average Bonchev–Trinajstić information content (AvgIpc) is 2.84. The maximum absolute atomic E-state index is 12.6. The van der Waals surface area contributed by atoms with Crippen LogP contribution in [0.15, 0.2) is 66.7 Å². The summed E-state index contributed by atoms with van der Waals surface area (Å²) in [6.45, 7) is 3.95. The van der Waals surface area contributed by atoms with Crippen LogP contribution >= 0.6 is 0 Å². The van der Waals surface area contributed by atoms with Gasteiger partial charge in [-0.3, -0.25) is 0 Å². The van der Waals surface area contributed by atoms with Crippen molar-refractivity contribution in [2.45, 2.75) is 32.8 Å². The third-order valence-corrected chi connectivity index (χ3v) is 5.15. The van der Waals surface area contributed by atoms with Crippen molar-refractivity contribution in [1.82, 2.24) is 0 Å². The molecule has 6 nitrogen and oxygen atoms in total. The van der Waals surface area contributed by atoms with Crippen molar-refractivity contribution in [2.24, 2.45) is 0 Å². The van der Waals surface area contributed by atoms with Gasteiger partial charge in [-0.25, -0.2) is 9.59 Å². The Morgan fingerprint density at radius 1 is 0.788 bits per heavy atom. The second-order valence-electron chi connectivity index (χ2n) is 7.56. The zero-order valence-corrected chi connectivity index (χ0v) is 19.3. The second kappa shape index (κ2) is 11.2. The zero-order chi connectivity index (χ0) is 23.8. The number of ether oxygens (including phenoxy) is 4. The summed E-state index contributed by atoms with van der Waals surface area (Å²) in [4.78, 5) is 24.9. The Hall–Kier alpha value is -3.80. The highest BCUT2D eigenvalue weighted by Crippen LogP contribution is 2.27. The molecule has 0 saturated carbocycles. The minimum absolute atomic E-state index is 0.102. The average molecular weight is 449 g/mol. The van der Waals surface area contributed by atoms with Gasteiger partial charge in [0.25, 0.3) is 0 Å². The molecular formula is C27H28O6. The van der Waals surface area contributed by atoms with Gasteiger partial charge in [0.15, 0.2) is 0 Å². The third kappa shape index (κ3) is 6.13. The summed E-state index contributed by atoms with van der Waals surface area (Å²) in [7, 11) is 3.02. The van der Waals surface area contributed by atoms with Crippen molar-refractivity contribution >= 4 is 11.9 Å². The number of esters is 2. The van der Waals surface area contributed by atoms with Crippen LogP contribution in [0.4, 0.5) is 0 Å². The molecule has 0 heterocycles. The minimum atomic E-state index is -0.543. The van der Waals surface area contributed by atoms with Gasteiger partial charge in [0.05, 0.1) is 25.9 Å². The van der Waals surface area contributed by atoms with Crippen LogP contribution < -0.4 is 14.2 Å². The molecule has 0 aliphatic carbocycles. The topological polar surface area (TPSA) is 71.1 Å². The summed E-state index contributed by atoms with van der Waals surface area (Å²) in [6.07, 6.45) is 1.70. The highest BCUT2D eigenvalue weighted by atomic mass is 16.5. The van der Waals surface area contributed by atoms with E-state index < -0.39 is 5.97 Å². The predicted molar refractivity (Wildman–Crippen MR) is 126 cm³/mol. The molecule has 0 bridgehead atoms. The Bertz CT molecular complexity index is 1090. The molecule has 0 spiro atoms. The fraction of sp³-hybridized carbons (Fsp3) is 0.259. The lowest BCUT2D eigenvalue weighted by molar-refractivity contribution is 0.0323. The highest BCUT2D eigenvalue weighted by Gasteiger charge is 2.16. The van der Waals surface area contributed by atoms with Crippen molar-refractivity contribution in [3.63, 3.8) is 0 Å². The van der Waals surface area contributed by atoms with Crippen molar-refractivity contribution < 1.29 is 28.5 Å². The van der Waals surface area contributed by atoms with Crippen molar-refractivity contribution in [1.29, 1.82) is 0 Å². The first-order chi connectivity index (χ1) is 15.9. The lowest BCUT2D eigenvalue weighted by Gasteiger charge is -2.12. The number of rotatable bonds is 9. The summed E-state index contributed by atoms with van der Waals surface area (Å²) in [5, 5.41) is 0. The molecule has 1 atom stereocenters. The van der Waals surface area contributed by atoms with Crippen LogP contribution in [-0.2, 0) is 4.74 Å². The minimum Gasteiger partial charge on any atom is -0.497 e. The van der Waals surface area contributed by atoms with Crippen LogP contribution in [0.2, 0.25) is 0 Å². The molecule has 0 unspecified atom stereocenters. The molecule has 0 N–H and O–H groups in total. The van der Waals surface area contributed by atoms with Gasteiger partial charge in [-0.1, -0.05) is 37.6 Å². The first-order valence-electron chi connectivity index (χ1n) is 10.8. The van der Waals surface area contributed by atoms with Gasteiger partial charge in [-0.15, -0.1) is 0 Å². The maximum Gasteiger partial charge on any atom is 0.347 e. The summed E-state index contributed by atoms with van der Waals surface area (Å²) in [6, 6.07) is 19.3. The number of hydrogen-bond acceptors (Lipinski definition) is 6. The molecule has 3 rings (SSSR count). The summed E-state index contributed by atoms with van der Waals surface area (Å²) >= 11 is 0.